The van der Waals surface area contributed by atoms with Gasteiger partial charge in [-0.05, 0) is 49.9 Å². The molecule has 7 heteroatoms. The maximum Gasteiger partial charge on any atom is 0.239 e. The summed E-state index contributed by atoms with van der Waals surface area (Å²) in [6.07, 6.45) is 2.18. The van der Waals surface area contributed by atoms with Crippen molar-refractivity contribution in [3.8, 4) is 0 Å². The number of nitrogens with one attached hydrogen (secondary N) is 2. The van der Waals surface area contributed by atoms with Crippen molar-refractivity contribution in [3.63, 3.8) is 0 Å². The Morgan fingerprint density at radius 3 is 2.64 bits per heavy atom. The highest BCUT2D eigenvalue weighted by Crippen LogP contribution is 2.37. The predicted molar refractivity (Wildman–Crippen MR) is 84.2 cm³/mol. The summed E-state index contributed by atoms with van der Waals surface area (Å²) < 4.78 is 12.1. The summed E-state index contributed by atoms with van der Waals surface area (Å²) in [6, 6.07) is 5.79. The molecular weight excluding hydrogens is 300 g/mol. The number of carbonyl (C=O) groups is 1. The Hall–Kier alpha value is -2.02. The van der Waals surface area contributed by atoms with E-state index in [4.69, 9.17) is 0 Å². The fourth-order valence-electron chi connectivity index (χ4n) is 2.33. The first-order valence-corrected chi connectivity index (χ1v) is 8.52. The van der Waals surface area contributed by atoms with Gasteiger partial charge in [-0.15, -0.1) is 5.10 Å². The second-order valence-corrected chi connectivity index (χ2v) is 7.04. The molecule has 2 aromatic rings. The van der Waals surface area contributed by atoms with Crippen molar-refractivity contribution < 1.29 is 9.00 Å². The van der Waals surface area contributed by atoms with Crippen molar-refractivity contribution in [2.45, 2.75) is 37.8 Å². The van der Waals surface area contributed by atoms with Crippen LogP contribution in [0.1, 0.15) is 35.7 Å². The fraction of sp³-hybridized carbons (Fsp3) is 0.400. The number of aromatic amines is 1. The number of hydrogen-bond acceptors (Lipinski definition) is 4. The van der Waals surface area contributed by atoms with Gasteiger partial charge in [0.1, 0.15) is 22.4 Å². The van der Waals surface area contributed by atoms with Crippen LogP contribution in [0.5, 0.6) is 0 Å². The molecule has 116 valence electrons. The number of H-pyrrole nitrogens is 1. The lowest BCUT2D eigenvalue weighted by Crippen LogP contribution is -2.20. The molecule has 1 aliphatic carbocycles. The Kier molecular flexibility index (Phi) is 4.06. The van der Waals surface area contributed by atoms with Crippen LogP contribution in [0, 0.1) is 13.8 Å². The van der Waals surface area contributed by atoms with Gasteiger partial charge in [0.25, 0.3) is 0 Å². The number of hydrogen-bond donors (Lipinski definition) is 2. The molecule has 0 aliphatic heterocycles. The largest absolute Gasteiger partial charge is 0.325 e. The highest BCUT2D eigenvalue weighted by Gasteiger charge is 2.28. The zero-order valence-electron chi connectivity index (χ0n) is 12.5. The van der Waals surface area contributed by atoms with Gasteiger partial charge in [0, 0.05) is 11.6 Å². The topological polar surface area (TPSA) is 87.7 Å². The third kappa shape index (κ3) is 3.59. The Morgan fingerprint density at radius 2 is 2.00 bits per heavy atom. The number of nitrogens with zero attached hydrogens (tertiary/aromatic N) is 2. The van der Waals surface area contributed by atoms with Crippen molar-refractivity contribution in [1.29, 1.82) is 0 Å². The minimum atomic E-state index is -1.53. The summed E-state index contributed by atoms with van der Waals surface area (Å²) in [6.45, 7) is 3.93. The number of aromatic nitrogens is 3. The monoisotopic (exact) mass is 318 g/mol. The van der Waals surface area contributed by atoms with E-state index in [0.717, 1.165) is 29.8 Å². The maximum absolute atomic E-state index is 12.1. The van der Waals surface area contributed by atoms with Crippen LogP contribution in [0.15, 0.2) is 23.4 Å². The number of benzene rings is 1. The maximum atomic E-state index is 12.1. The molecule has 2 N–H and O–H groups in total. The van der Waals surface area contributed by atoms with Crippen LogP contribution in [-0.4, -0.2) is 31.1 Å². The van der Waals surface area contributed by atoms with Crippen molar-refractivity contribution >= 4 is 22.4 Å². The highest BCUT2D eigenvalue weighted by atomic mass is 32.2. The SMILES string of the molecule is Cc1cc(C)cc(NC(=O)C[S@](=O)c2n[nH]c(C3CC3)n2)c1. The lowest BCUT2D eigenvalue weighted by Gasteiger charge is -2.06. The van der Waals surface area contributed by atoms with Crippen molar-refractivity contribution in [3.05, 3.63) is 35.2 Å². The zero-order chi connectivity index (χ0) is 15.7. The van der Waals surface area contributed by atoms with Crippen LogP contribution in [0.3, 0.4) is 0 Å². The molecule has 1 aliphatic rings. The molecule has 6 nitrogen and oxygen atoms in total. The standard InChI is InChI=1S/C15H18N4O2S/c1-9-5-10(2)7-12(6-9)16-13(20)8-22(21)15-17-14(18-19-15)11-3-4-11/h5-7,11H,3-4,8H2,1-2H3,(H,16,20)(H,17,18,19)/t22-/m0/s1. The molecule has 22 heavy (non-hydrogen) atoms. The predicted octanol–water partition coefficient (Wildman–Crippen LogP) is 2.05. The van der Waals surface area contributed by atoms with Gasteiger partial charge in [0.05, 0.1) is 0 Å². The van der Waals surface area contributed by atoms with Crippen LogP contribution >= 0.6 is 0 Å². The molecule has 0 bridgehead atoms. The van der Waals surface area contributed by atoms with Crippen molar-refractivity contribution in [2.24, 2.45) is 0 Å². The molecule has 3 rings (SSSR count). The Labute approximate surface area is 131 Å². The second-order valence-electron chi connectivity index (χ2n) is 5.69. The van der Waals surface area contributed by atoms with E-state index in [2.05, 4.69) is 20.5 Å². The molecule has 1 atom stereocenters. The molecule has 1 aromatic heterocycles. The number of rotatable bonds is 5. The number of carbonyl (C=O) groups excluding carboxylic acids is 1. The summed E-state index contributed by atoms with van der Waals surface area (Å²) in [4.78, 5) is 16.2. The van der Waals surface area contributed by atoms with Crippen molar-refractivity contribution in [1.82, 2.24) is 15.2 Å². The van der Waals surface area contributed by atoms with E-state index in [0.29, 0.717) is 11.6 Å². The van der Waals surface area contributed by atoms with Gasteiger partial charge in [-0.2, -0.15) is 0 Å². The third-order valence-corrected chi connectivity index (χ3v) is 4.53. The average molecular weight is 318 g/mol. The van der Waals surface area contributed by atoms with Gasteiger partial charge in [0.15, 0.2) is 0 Å². The van der Waals surface area contributed by atoms with E-state index in [1.165, 1.54) is 0 Å². The summed E-state index contributed by atoms with van der Waals surface area (Å²) in [5.74, 6) is 0.746. The average Bonchev–Trinajstić information content (AvgIpc) is 3.14. The van der Waals surface area contributed by atoms with E-state index >= 15 is 0 Å². The summed E-state index contributed by atoms with van der Waals surface area (Å²) in [5.41, 5.74) is 2.85. The molecule has 0 radical (unpaired) electrons. The van der Waals surface area contributed by atoms with E-state index in [1.54, 1.807) is 0 Å². The van der Waals surface area contributed by atoms with Crippen molar-refractivity contribution in [2.75, 3.05) is 11.1 Å². The number of anilines is 1. The molecule has 0 unspecified atom stereocenters. The molecule has 1 aromatic carbocycles. The van der Waals surface area contributed by atoms with Gasteiger partial charge >= 0.3 is 0 Å². The van der Waals surface area contributed by atoms with E-state index in [9.17, 15) is 9.00 Å². The minimum Gasteiger partial charge on any atom is -0.325 e. The van der Waals surface area contributed by atoms with Crippen LogP contribution in [0.25, 0.3) is 0 Å². The zero-order valence-corrected chi connectivity index (χ0v) is 13.4. The van der Waals surface area contributed by atoms with Crippen LogP contribution < -0.4 is 5.32 Å². The van der Waals surface area contributed by atoms with E-state index < -0.39 is 10.8 Å². The first kappa shape index (κ1) is 14.9. The highest BCUT2D eigenvalue weighted by molar-refractivity contribution is 7.85. The molecule has 1 heterocycles. The molecule has 0 saturated heterocycles. The molecule has 1 amide bonds. The van der Waals surface area contributed by atoms with Gasteiger partial charge in [0.2, 0.25) is 11.1 Å². The lowest BCUT2D eigenvalue weighted by molar-refractivity contribution is -0.113. The van der Waals surface area contributed by atoms with Gasteiger partial charge in [-0.25, -0.2) is 4.98 Å². The quantitative estimate of drug-likeness (QED) is 0.883. The van der Waals surface area contributed by atoms with Gasteiger partial charge < -0.3 is 5.32 Å². The summed E-state index contributed by atoms with van der Waals surface area (Å²) >= 11 is 0. The van der Waals surface area contributed by atoms with E-state index in [1.807, 2.05) is 32.0 Å². The van der Waals surface area contributed by atoms with Crippen LogP contribution in [0.2, 0.25) is 0 Å². The van der Waals surface area contributed by atoms with E-state index in [-0.39, 0.29) is 16.8 Å². The minimum absolute atomic E-state index is 0.144. The molecule has 0 spiro atoms. The van der Waals surface area contributed by atoms with Gasteiger partial charge in [-0.3, -0.25) is 14.1 Å². The Bertz CT molecular complexity index is 717. The van der Waals surface area contributed by atoms with Crippen LogP contribution in [0.4, 0.5) is 5.69 Å². The first-order chi connectivity index (χ1) is 10.5. The number of amides is 1. The lowest BCUT2D eigenvalue weighted by atomic mass is 10.1. The van der Waals surface area contributed by atoms with Gasteiger partial charge in [-0.1, -0.05) is 6.07 Å². The molecular formula is C15H18N4O2S. The second kappa shape index (κ2) is 6.00. The van der Waals surface area contributed by atoms with Crippen LogP contribution in [-0.2, 0) is 15.6 Å². The Balaban J connectivity index is 1.61. The normalized spacial score (nSPS) is 15.5. The fourth-order valence-corrected chi connectivity index (χ4v) is 3.11. The number of aryl methyl sites for hydroxylation is 2. The summed E-state index contributed by atoms with van der Waals surface area (Å²) in [5, 5.41) is 9.72. The Morgan fingerprint density at radius 1 is 1.32 bits per heavy atom. The molecule has 1 saturated carbocycles. The summed E-state index contributed by atoms with van der Waals surface area (Å²) in [7, 11) is -1.53. The smallest absolute Gasteiger partial charge is 0.239 e. The molecule has 1 fully saturated rings. The first-order valence-electron chi connectivity index (χ1n) is 7.20. The third-order valence-electron chi connectivity index (χ3n) is 3.42.